The molecule has 17 heavy (non-hydrogen) atoms. The molecule has 0 rings (SSSR count). The number of rotatable bonds is 10. The third-order valence-corrected chi connectivity index (χ3v) is 4.24. The lowest BCUT2D eigenvalue weighted by molar-refractivity contribution is 0.182. The molecule has 0 amide bonds. The molecule has 4 atom stereocenters. The zero-order valence-electron chi connectivity index (χ0n) is 10.5. The molecule has 0 bridgehead atoms. The molecular weight excluding hydrogens is 272 g/mol. The summed E-state index contributed by atoms with van der Waals surface area (Å²) in [6.07, 6.45) is 5.23. The van der Waals surface area contributed by atoms with Crippen LogP contribution in [0.15, 0.2) is 0 Å². The van der Waals surface area contributed by atoms with Crippen molar-refractivity contribution in [3.63, 3.8) is 0 Å². The van der Waals surface area contributed by atoms with Crippen LogP contribution in [0.2, 0.25) is 0 Å². The van der Waals surface area contributed by atoms with Gasteiger partial charge in [-0.2, -0.15) is 37.9 Å². The molecule has 0 aliphatic rings. The van der Waals surface area contributed by atoms with Crippen LogP contribution in [0.5, 0.6) is 0 Å². The van der Waals surface area contributed by atoms with E-state index in [9.17, 15) is 5.11 Å². The molecule has 0 heterocycles. The number of aliphatic hydroxyl groups is 2. The summed E-state index contributed by atoms with van der Waals surface area (Å²) >= 11 is 13.4. The van der Waals surface area contributed by atoms with Crippen LogP contribution >= 0.6 is 37.9 Å². The highest BCUT2D eigenvalue weighted by Crippen LogP contribution is 2.20. The second-order valence-corrected chi connectivity index (χ2v) is 6.90. The number of hydrogen-bond donors (Lipinski definition) is 5. The average Bonchev–Trinajstić information content (AvgIpc) is 2.23. The van der Waals surface area contributed by atoms with Crippen molar-refractivity contribution < 1.29 is 10.2 Å². The van der Waals surface area contributed by atoms with Gasteiger partial charge in [-0.25, -0.2) is 0 Å². The molecule has 4 unspecified atom stereocenters. The fourth-order valence-corrected chi connectivity index (χ4v) is 2.74. The van der Waals surface area contributed by atoms with E-state index >= 15 is 0 Å². The van der Waals surface area contributed by atoms with Crippen LogP contribution in [0.4, 0.5) is 0 Å². The molecule has 0 aromatic carbocycles. The van der Waals surface area contributed by atoms with Crippen molar-refractivity contribution in [1.82, 2.24) is 0 Å². The lowest BCUT2D eigenvalue weighted by Gasteiger charge is -2.17. The van der Waals surface area contributed by atoms with Gasteiger partial charge in [0.05, 0.1) is 6.10 Å². The summed E-state index contributed by atoms with van der Waals surface area (Å²) < 4.78 is 0. The largest absolute Gasteiger partial charge is 0.396 e. The Hall–Kier alpha value is 0.970. The summed E-state index contributed by atoms with van der Waals surface area (Å²) in [6, 6.07) is 0. The van der Waals surface area contributed by atoms with Crippen LogP contribution in [-0.4, -0.2) is 38.7 Å². The first-order chi connectivity index (χ1) is 7.95. The van der Waals surface area contributed by atoms with Gasteiger partial charge in [-0.3, -0.25) is 0 Å². The average molecular weight is 299 g/mol. The van der Waals surface area contributed by atoms with Gasteiger partial charge in [0, 0.05) is 22.4 Å². The maximum absolute atomic E-state index is 9.22. The van der Waals surface area contributed by atoms with E-state index in [1.165, 1.54) is 0 Å². The van der Waals surface area contributed by atoms with Crippen molar-refractivity contribution in [1.29, 1.82) is 0 Å². The minimum atomic E-state index is -0.276. The summed E-state index contributed by atoms with van der Waals surface area (Å²) in [5.41, 5.74) is 0. The predicted molar refractivity (Wildman–Crippen MR) is 84.8 cm³/mol. The second-order valence-electron chi connectivity index (χ2n) is 4.71. The highest BCUT2D eigenvalue weighted by atomic mass is 32.1. The maximum atomic E-state index is 9.22. The van der Waals surface area contributed by atoms with Crippen molar-refractivity contribution in [2.24, 2.45) is 0 Å². The third-order valence-electron chi connectivity index (χ3n) is 2.74. The van der Waals surface area contributed by atoms with Crippen LogP contribution < -0.4 is 0 Å². The summed E-state index contributed by atoms with van der Waals surface area (Å²) in [5.74, 6) is 0. The standard InChI is InChI=1S/C12H26O2S3/c1-9(14)8-12(17)5-4-10(15)2-3-11(16)6-7-13/h9-17H,2-8H2,1H3. The Labute approximate surface area is 122 Å². The maximum Gasteiger partial charge on any atom is 0.0522 e. The number of thiol groups is 3. The highest BCUT2D eigenvalue weighted by molar-refractivity contribution is 7.81. The van der Waals surface area contributed by atoms with Gasteiger partial charge in [0.15, 0.2) is 0 Å². The third kappa shape index (κ3) is 11.8. The lowest BCUT2D eigenvalue weighted by Crippen LogP contribution is -2.13. The van der Waals surface area contributed by atoms with Crippen LogP contribution in [0, 0.1) is 0 Å². The summed E-state index contributed by atoms with van der Waals surface area (Å²) in [5, 5.41) is 18.9. The summed E-state index contributed by atoms with van der Waals surface area (Å²) in [6.45, 7) is 2.00. The SMILES string of the molecule is CC(O)CC(S)CCC(S)CCC(S)CCO. The molecule has 2 N–H and O–H groups in total. The van der Waals surface area contributed by atoms with Crippen LogP contribution in [0.3, 0.4) is 0 Å². The normalized spacial score (nSPS) is 18.7. The van der Waals surface area contributed by atoms with Gasteiger partial charge in [-0.15, -0.1) is 0 Å². The van der Waals surface area contributed by atoms with E-state index in [0.717, 1.165) is 38.5 Å². The molecule has 0 saturated carbocycles. The predicted octanol–water partition coefficient (Wildman–Crippen LogP) is 2.60. The van der Waals surface area contributed by atoms with Gasteiger partial charge >= 0.3 is 0 Å². The number of aliphatic hydroxyl groups excluding tert-OH is 2. The van der Waals surface area contributed by atoms with Gasteiger partial charge in [-0.05, 0) is 45.4 Å². The van der Waals surface area contributed by atoms with E-state index in [1.807, 2.05) is 0 Å². The molecule has 5 heteroatoms. The van der Waals surface area contributed by atoms with Crippen molar-refractivity contribution >= 4 is 37.9 Å². The fraction of sp³-hybridized carbons (Fsp3) is 1.00. The van der Waals surface area contributed by atoms with E-state index < -0.39 is 0 Å². The van der Waals surface area contributed by atoms with Crippen molar-refractivity contribution in [3.05, 3.63) is 0 Å². The van der Waals surface area contributed by atoms with Crippen LogP contribution in [-0.2, 0) is 0 Å². The minimum absolute atomic E-state index is 0.207. The monoisotopic (exact) mass is 298 g/mol. The van der Waals surface area contributed by atoms with Crippen molar-refractivity contribution in [3.8, 4) is 0 Å². The minimum Gasteiger partial charge on any atom is -0.396 e. The van der Waals surface area contributed by atoms with Gasteiger partial charge < -0.3 is 10.2 Å². The van der Waals surface area contributed by atoms with Gasteiger partial charge in [0.1, 0.15) is 0 Å². The van der Waals surface area contributed by atoms with Crippen molar-refractivity contribution in [2.75, 3.05) is 6.61 Å². The van der Waals surface area contributed by atoms with Gasteiger partial charge in [0.25, 0.3) is 0 Å². The quantitative estimate of drug-likeness (QED) is 0.402. The Kier molecular flexibility index (Phi) is 11.5. The van der Waals surface area contributed by atoms with Crippen molar-refractivity contribution in [2.45, 2.75) is 67.3 Å². The first-order valence-corrected chi connectivity index (χ1v) is 7.83. The van der Waals surface area contributed by atoms with E-state index in [4.69, 9.17) is 5.11 Å². The van der Waals surface area contributed by atoms with Gasteiger partial charge in [-0.1, -0.05) is 0 Å². The van der Waals surface area contributed by atoms with E-state index in [-0.39, 0.29) is 23.2 Å². The molecular formula is C12H26O2S3. The van der Waals surface area contributed by atoms with E-state index in [2.05, 4.69) is 37.9 Å². The molecule has 0 fully saturated rings. The highest BCUT2D eigenvalue weighted by Gasteiger charge is 2.11. The number of hydrogen-bond acceptors (Lipinski definition) is 5. The van der Waals surface area contributed by atoms with E-state index in [1.54, 1.807) is 6.92 Å². The summed E-state index contributed by atoms with van der Waals surface area (Å²) in [7, 11) is 0. The Balaban J connectivity index is 3.55. The molecule has 0 aromatic rings. The molecule has 104 valence electrons. The van der Waals surface area contributed by atoms with Crippen LogP contribution in [0.1, 0.15) is 45.4 Å². The van der Waals surface area contributed by atoms with E-state index in [0.29, 0.717) is 5.25 Å². The topological polar surface area (TPSA) is 40.5 Å². The fourth-order valence-electron chi connectivity index (χ4n) is 1.72. The Morgan fingerprint density at radius 1 is 0.824 bits per heavy atom. The summed E-state index contributed by atoms with van der Waals surface area (Å²) in [4.78, 5) is 0. The first kappa shape index (κ1) is 18.0. The molecule has 0 saturated heterocycles. The Morgan fingerprint density at radius 3 is 1.65 bits per heavy atom. The Bertz CT molecular complexity index is 179. The molecule has 0 aliphatic carbocycles. The lowest BCUT2D eigenvalue weighted by atomic mass is 10.0. The van der Waals surface area contributed by atoms with Gasteiger partial charge in [0.2, 0.25) is 0 Å². The zero-order valence-corrected chi connectivity index (χ0v) is 13.2. The first-order valence-electron chi connectivity index (χ1n) is 6.28. The zero-order chi connectivity index (χ0) is 13.3. The molecule has 0 radical (unpaired) electrons. The smallest absolute Gasteiger partial charge is 0.0522 e. The van der Waals surface area contributed by atoms with Crippen LogP contribution in [0.25, 0.3) is 0 Å². The Morgan fingerprint density at radius 2 is 1.24 bits per heavy atom. The molecule has 0 aromatic heterocycles. The second kappa shape index (κ2) is 10.9. The molecule has 0 spiro atoms. The molecule has 0 aliphatic heterocycles. The molecule has 2 nitrogen and oxygen atoms in total.